The van der Waals surface area contributed by atoms with Crippen LogP contribution in [0.1, 0.15) is 0 Å². The minimum absolute atomic E-state index is 0.734. The lowest BCUT2D eigenvalue weighted by Gasteiger charge is -1.95. The monoisotopic (exact) mass is 261 g/mol. The van der Waals surface area contributed by atoms with E-state index in [2.05, 4.69) is 15.2 Å². The fraction of sp³-hybridized carbons (Fsp3) is 0. The van der Waals surface area contributed by atoms with E-state index in [-0.39, 0.29) is 0 Å². The molecule has 0 saturated carbocycles. The van der Waals surface area contributed by atoms with Crippen molar-refractivity contribution in [3.8, 4) is 21.1 Å². The zero-order valence-corrected chi connectivity index (χ0v) is 10.3. The minimum atomic E-state index is 0.734. The predicted octanol–water partition coefficient (Wildman–Crippen LogP) is 3.85. The SMILES string of the molecule is Clc1ccc(-c2ncc(-c3cc[nH]n3)s2)cc1. The second kappa shape index (κ2) is 4.31. The van der Waals surface area contributed by atoms with Crippen LogP contribution in [-0.4, -0.2) is 15.2 Å². The highest BCUT2D eigenvalue weighted by Crippen LogP contribution is 2.31. The molecule has 1 aromatic carbocycles. The molecule has 0 fully saturated rings. The van der Waals surface area contributed by atoms with Crippen molar-refractivity contribution in [2.24, 2.45) is 0 Å². The molecule has 3 nitrogen and oxygen atoms in total. The molecule has 0 radical (unpaired) electrons. The summed E-state index contributed by atoms with van der Waals surface area (Å²) in [4.78, 5) is 5.45. The number of aromatic amines is 1. The molecule has 5 heteroatoms. The zero-order valence-electron chi connectivity index (χ0n) is 8.72. The lowest BCUT2D eigenvalue weighted by molar-refractivity contribution is 1.10. The van der Waals surface area contributed by atoms with Gasteiger partial charge >= 0.3 is 0 Å². The molecule has 1 N–H and O–H groups in total. The van der Waals surface area contributed by atoms with Crippen molar-refractivity contribution >= 4 is 22.9 Å². The molecule has 0 spiro atoms. The van der Waals surface area contributed by atoms with Gasteiger partial charge in [-0.25, -0.2) is 4.98 Å². The van der Waals surface area contributed by atoms with Gasteiger partial charge in [-0.1, -0.05) is 23.7 Å². The van der Waals surface area contributed by atoms with Crippen LogP contribution in [-0.2, 0) is 0 Å². The van der Waals surface area contributed by atoms with Gasteiger partial charge in [0, 0.05) is 23.0 Å². The maximum absolute atomic E-state index is 5.85. The second-order valence-corrected chi connectivity index (χ2v) is 4.96. The molecule has 0 unspecified atom stereocenters. The van der Waals surface area contributed by atoms with E-state index in [0.717, 1.165) is 26.2 Å². The largest absolute Gasteiger partial charge is 0.285 e. The Labute approximate surface area is 107 Å². The third kappa shape index (κ3) is 2.09. The highest BCUT2D eigenvalue weighted by molar-refractivity contribution is 7.18. The fourth-order valence-electron chi connectivity index (χ4n) is 1.52. The number of nitrogens with zero attached hydrogens (tertiary/aromatic N) is 2. The summed E-state index contributed by atoms with van der Waals surface area (Å²) in [5.41, 5.74) is 1.99. The van der Waals surface area contributed by atoms with Crippen LogP contribution in [0, 0.1) is 0 Å². The summed E-state index contributed by atoms with van der Waals surface area (Å²) in [7, 11) is 0. The number of rotatable bonds is 2. The minimum Gasteiger partial charge on any atom is -0.285 e. The van der Waals surface area contributed by atoms with E-state index in [1.54, 1.807) is 17.5 Å². The lowest BCUT2D eigenvalue weighted by Crippen LogP contribution is -1.73. The van der Waals surface area contributed by atoms with Crippen LogP contribution in [0.2, 0.25) is 5.02 Å². The normalized spacial score (nSPS) is 10.6. The van der Waals surface area contributed by atoms with E-state index in [1.807, 2.05) is 36.5 Å². The Morgan fingerprint density at radius 1 is 1.12 bits per heavy atom. The first-order chi connectivity index (χ1) is 8.33. The summed E-state index contributed by atoms with van der Waals surface area (Å²) in [5.74, 6) is 0. The Balaban J connectivity index is 1.98. The highest BCUT2D eigenvalue weighted by atomic mass is 35.5. The molecule has 0 aliphatic heterocycles. The van der Waals surface area contributed by atoms with E-state index in [9.17, 15) is 0 Å². The number of thiazole rings is 1. The maximum Gasteiger partial charge on any atom is 0.123 e. The molecule has 0 aliphatic carbocycles. The molecule has 17 heavy (non-hydrogen) atoms. The topological polar surface area (TPSA) is 41.6 Å². The van der Waals surface area contributed by atoms with E-state index in [4.69, 9.17) is 11.6 Å². The fourth-order valence-corrected chi connectivity index (χ4v) is 2.53. The predicted molar refractivity (Wildman–Crippen MR) is 70.1 cm³/mol. The van der Waals surface area contributed by atoms with Gasteiger partial charge in [0.2, 0.25) is 0 Å². The molecule has 0 atom stereocenters. The van der Waals surface area contributed by atoms with Gasteiger partial charge in [0.15, 0.2) is 0 Å². The van der Waals surface area contributed by atoms with Gasteiger partial charge < -0.3 is 0 Å². The van der Waals surface area contributed by atoms with Gasteiger partial charge in [-0.2, -0.15) is 5.10 Å². The average Bonchev–Trinajstić information content (AvgIpc) is 3.00. The summed E-state index contributed by atoms with van der Waals surface area (Å²) in [6.07, 6.45) is 3.64. The van der Waals surface area contributed by atoms with Crippen LogP contribution in [0.15, 0.2) is 42.7 Å². The third-order valence-electron chi connectivity index (χ3n) is 2.35. The molecular weight excluding hydrogens is 254 g/mol. The summed E-state index contributed by atoms with van der Waals surface area (Å²) in [6, 6.07) is 9.60. The molecule has 2 aromatic heterocycles. The van der Waals surface area contributed by atoms with E-state index < -0.39 is 0 Å². The smallest absolute Gasteiger partial charge is 0.123 e. The van der Waals surface area contributed by atoms with Crippen LogP contribution in [0.4, 0.5) is 0 Å². The van der Waals surface area contributed by atoms with E-state index in [1.165, 1.54) is 0 Å². The zero-order chi connectivity index (χ0) is 11.7. The van der Waals surface area contributed by atoms with Crippen molar-refractivity contribution in [1.29, 1.82) is 0 Å². The van der Waals surface area contributed by atoms with Crippen molar-refractivity contribution in [3.63, 3.8) is 0 Å². The number of halogens is 1. The quantitative estimate of drug-likeness (QED) is 0.761. The Kier molecular flexibility index (Phi) is 2.66. The molecule has 3 aromatic rings. The molecule has 84 valence electrons. The van der Waals surface area contributed by atoms with Crippen LogP contribution in [0.3, 0.4) is 0 Å². The lowest BCUT2D eigenvalue weighted by atomic mass is 10.2. The summed E-state index contributed by atoms with van der Waals surface area (Å²) in [5, 5.41) is 8.63. The molecular formula is C12H8ClN3S. The molecule has 0 saturated heterocycles. The molecule has 0 bridgehead atoms. The van der Waals surface area contributed by atoms with Gasteiger partial charge in [-0.15, -0.1) is 11.3 Å². The number of H-pyrrole nitrogens is 1. The summed E-state index contributed by atoms with van der Waals surface area (Å²) >= 11 is 7.47. The molecule has 0 aliphatic rings. The van der Waals surface area contributed by atoms with Crippen LogP contribution in [0.5, 0.6) is 0 Å². The summed E-state index contributed by atoms with van der Waals surface area (Å²) in [6.45, 7) is 0. The first-order valence-corrected chi connectivity index (χ1v) is 6.24. The van der Waals surface area contributed by atoms with Gasteiger partial charge in [0.25, 0.3) is 0 Å². The summed E-state index contributed by atoms with van der Waals surface area (Å²) < 4.78 is 0. The number of nitrogens with one attached hydrogen (secondary N) is 1. The van der Waals surface area contributed by atoms with Crippen LogP contribution in [0.25, 0.3) is 21.1 Å². The number of hydrogen-bond acceptors (Lipinski definition) is 3. The standard InChI is InChI=1S/C12H8ClN3S/c13-9-3-1-8(2-4-9)12-14-7-11(17-12)10-5-6-15-16-10/h1-7H,(H,15,16). The van der Waals surface area contributed by atoms with Gasteiger partial charge in [0.05, 0.1) is 4.88 Å². The van der Waals surface area contributed by atoms with Crippen molar-refractivity contribution in [1.82, 2.24) is 15.2 Å². The van der Waals surface area contributed by atoms with Gasteiger partial charge in [-0.3, -0.25) is 5.10 Å². The Bertz CT molecular complexity index is 614. The van der Waals surface area contributed by atoms with Crippen molar-refractivity contribution in [2.75, 3.05) is 0 Å². The second-order valence-electron chi connectivity index (χ2n) is 3.50. The van der Waals surface area contributed by atoms with Crippen LogP contribution >= 0.6 is 22.9 Å². The van der Waals surface area contributed by atoms with Crippen LogP contribution < -0.4 is 0 Å². The molecule has 0 amide bonds. The van der Waals surface area contributed by atoms with Gasteiger partial charge in [0.1, 0.15) is 10.7 Å². The number of aromatic nitrogens is 3. The van der Waals surface area contributed by atoms with Gasteiger partial charge in [-0.05, 0) is 18.2 Å². The Morgan fingerprint density at radius 3 is 2.65 bits per heavy atom. The Hall–Kier alpha value is -1.65. The molecule has 3 rings (SSSR count). The number of hydrogen-bond donors (Lipinski definition) is 1. The van der Waals surface area contributed by atoms with Crippen molar-refractivity contribution < 1.29 is 0 Å². The van der Waals surface area contributed by atoms with Crippen molar-refractivity contribution in [3.05, 3.63) is 47.7 Å². The number of benzene rings is 1. The molecule has 2 heterocycles. The highest BCUT2D eigenvalue weighted by Gasteiger charge is 2.07. The average molecular weight is 262 g/mol. The van der Waals surface area contributed by atoms with Crippen molar-refractivity contribution in [2.45, 2.75) is 0 Å². The third-order valence-corrected chi connectivity index (χ3v) is 3.67. The Morgan fingerprint density at radius 2 is 1.94 bits per heavy atom. The van der Waals surface area contributed by atoms with E-state index in [0.29, 0.717) is 0 Å². The first-order valence-electron chi connectivity index (χ1n) is 5.05. The maximum atomic E-state index is 5.85. The van der Waals surface area contributed by atoms with E-state index >= 15 is 0 Å². The first kappa shape index (κ1) is 10.5.